The normalized spacial score (nSPS) is 10.6. The van der Waals surface area contributed by atoms with Crippen LogP contribution in [0, 0.1) is 6.92 Å². The van der Waals surface area contributed by atoms with E-state index in [1.807, 2.05) is 30.7 Å². The van der Waals surface area contributed by atoms with Crippen LogP contribution in [-0.4, -0.2) is 14.8 Å². The highest BCUT2D eigenvalue weighted by Crippen LogP contribution is 2.27. The van der Waals surface area contributed by atoms with Crippen LogP contribution in [0.2, 0.25) is 5.02 Å². The Kier molecular flexibility index (Phi) is 4.62. The Bertz CT molecular complexity index is 639. The average Bonchev–Trinajstić information content (AvgIpc) is 2.76. The fraction of sp³-hybridized carbons (Fsp3) is 0.286. The Balaban J connectivity index is 2.23. The van der Waals surface area contributed by atoms with Gasteiger partial charge in [-0.2, -0.15) is 5.10 Å². The van der Waals surface area contributed by atoms with Crippen LogP contribution >= 0.6 is 23.8 Å². The van der Waals surface area contributed by atoms with Gasteiger partial charge in [-0.05, 0) is 32.0 Å². The molecule has 106 valence electrons. The molecule has 0 fully saturated rings. The maximum absolute atomic E-state index is 6.10. The maximum atomic E-state index is 6.10. The van der Waals surface area contributed by atoms with Crippen molar-refractivity contribution in [2.24, 2.45) is 5.73 Å². The van der Waals surface area contributed by atoms with Gasteiger partial charge in [-0.15, -0.1) is 0 Å². The minimum absolute atomic E-state index is 0.228. The number of thiocarbonyl (C=S) groups is 1. The predicted molar refractivity (Wildman–Crippen MR) is 84.3 cm³/mol. The van der Waals surface area contributed by atoms with Crippen molar-refractivity contribution in [3.63, 3.8) is 0 Å². The Morgan fingerprint density at radius 3 is 2.90 bits per heavy atom. The van der Waals surface area contributed by atoms with Gasteiger partial charge in [0.25, 0.3) is 0 Å². The molecule has 0 atom stereocenters. The van der Waals surface area contributed by atoms with Crippen molar-refractivity contribution in [3.05, 3.63) is 46.2 Å². The maximum Gasteiger partial charge on any atom is 0.131 e. The Hall–Kier alpha value is -1.59. The summed E-state index contributed by atoms with van der Waals surface area (Å²) < 4.78 is 7.71. The van der Waals surface area contributed by atoms with E-state index in [0.29, 0.717) is 22.9 Å². The molecule has 1 aromatic carbocycles. The Labute approximate surface area is 128 Å². The van der Waals surface area contributed by atoms with E-state index in [1.165, 1.54) is 0 Å². The number of hydrogen-bond donors (Lipinski definition) is 1. The highest BCUT2D eigenvalue weighted by molar-refractivity contribution is 7.80. The van der Waals surface area contributed by atoms with Crippen LogP contribution in [0.3, 0.4) is 0 Å². The molecule has 1 aromatic heterocycles. The molecule has 0 saturated heterocycles. The van der Waals surface area contributed by atoms with Crippen molar-refractivity contribution in [2.75, 3.05) is 0 Å². The van der Waals surface area contributed by atoms with Crippen LogP contribution in [0.25, 0.3) is 0 Å². The molecule has 2 aromatic rings. The lowest BCUT2D eigenvalue weighted by Crippen LogP contribution is -2.13. The lowest BCUT2D eigenvalue weighted by Gasteiger charge is -2.12. The fourth-order valence-corrected chi connectivity index (χ4v) is 2.54. The SMILES string of the molecule is CCn1nc(C)cc1COc1cccc(Cl)c1C(N)=S. The monoisotopic (exact) mass is 309 g/mol. The first-order valence-corrected chi connectivity index (χ1v) is 7.06. The van der Waals surface area contributed by atoms with E-state index in [1.54, 1.807) is 12.1 Å². The molecule has 2 rings (SSSR count). The van der Waals surface area contributed by atoms with Gasteiger partial charge in [0.1, 0.15) is 17.3 Å². The molecule has 0 unspecified atom stereocenters. The van der Waals surface area contributed by atoms with Crippen molar-refractivity contribution in [1.82, 2.24) is 9.78 Å². The molecule has 0 radical (unpaired) electrons. The number of aromatic nitrogens is 2. The van der Waals surface area contributed by atoms with Gasteiger partial charge in [0.05, 0.1) is 22.0 Å². The number of rotatable bonds is 5. The molecular weight excluding hydrogens is 294 g/mol. The molecule has 0 saturated carbocycles. The fourth-order valence-electron chi connectivity index (χ4n) is 2.00. The van der Waals surface area contributed by atoms with Gasteiger partial charge >= 0.3 is 0 Å². The van der Waals surface area contributed by atoms with Crippen molar-refractivity contribution in [2.45, 2.75) is 27.0 Å². The molecule has 0 bridgehead atoms. The molecular formula is C14H16ClN3OS. The zero-order valence-corrected chi connectivity index (χ0v) is 13.0. The first-order chi connectivity index (χ1) is 9.52. The first kappa shape index (κ1) is 14.8. The van der Waals surface area contributed by atoms with E-state index in [2.05, 4.69) is 5.10 Å². The molecule has 4 nitrogen and oxygen atoms in total. The van der Waals surface area contributed by atoms with E-state index in [-0.39, 0.29) is 4.99 Å². The predicted octanol–water partition coefficient (Wildman–Crippen LogP) is 3.08. The van der Waals surface area contributed by atoms with Crippen molar-refractivity contribution in [3.8, 4) is 5.75 Å². The number of nitrogens with zero attached hydrogens (tertiary/aromatic N) is 2. The summed E-state index contributed by atoms with van der Waals surface area (Å²) in [4.78, 5) is 0.228. The Morgan fingerprint density at radius 2 is 2.25 bits per heavy atom. The van der Waals surface area contributed by atoms with Crippen molar-refractivity contribution < 1.29 is 4.74 Å². The second kappa shape index (κ2) is 6.24. The van der Waals surface area contributed by atoms with Crippen LogP contribution in [0.1, 0.15) is 23.9 Å². The van der Waals surface area contributed by atoms with E-state index < -0.39 is 0 Å². The topological polar surface area (TPSA) is 53.1 Å². The van der Waals surface area contributed by atoms with Gasteiger partial charge in [0.15, 0.2) is 0 Å². The molecule has 20 heavy (non-hydrogen) atoms. The molecule has 6 heteroatoms. The van der Waals surface area contributed by atoms with Crippen molar-refractivity contribution in [1.29, 1.82) is 0 Å². The number of nitrogens with two attached hydrogens (primary N) is 1. The molecule has 2 N–H and O–H groups in total. The summed E-state index contributed by atoms with van der Waals surface area (Å²) in [5, 5.41) is 4.87. The zero-order chi connectivity index (χ0) is 14.7. The average molecular weight is 310 g/mol. The van der Waals surface area contributed by atoms with E-state index in [0.717, 1.165) is 17.9 Å². The summed E-state index contributed by atoms with van der Waals surface area (Å²) >= 11 is 11.1. The largest absolute Gasteiger partial charge is 0.487 e. The number of aryl methyl sites for hydroxylation is 2. The lowest BCUT2D eigenvalue weighted by atomic mass is 10.2. The number of benzene rings is 1. The second-order valence-corrected chi connectivity index (χ2v) is 5.21. The van der Waals surface area contributed by atoms with Gasteiger partial charge in [-0.25, -0.2) is 0 Å². The van der Waals surface area contributed by atoms with Gasteiger partial charge in [-0.3, -0.25) is 4.68 Å². The first-order valence-electron chi connectivity index (χ1n) is 6.27. The van der Waals surface area contributed by atoms with Crippen LogP contribution in [0.5, 0.6) is 5.75 Å². The van der Waals surface area contributed by atoms with Gasteiger partial charge in [0.2, 0.25) is 0 Å². The van der Waals surface area contributed by atoms with Gasteiger partial charge < -0.3 is 10.5 Å². The summed E-state index contributed by atoms with van der Waals surface area (Å²) in [6.07, 6.45) is 0. The smallest absolute Gasteiger partial charge is 0.131 e. The quantitative estimate of drug-likeness (QED) is 0.862. The number of halogens is 1. The summed E-state index contributed by atoms with van der Waals surface area (Å²) in [7, 11) is 0. The van der Waals surface area contributed by atoms with Crippen LogP contribution in [0.4, 0.5) is 0 Å². The summed E-state index contributed by atoms with van der Waals surface area (Å²) in [5.41, 5.74) is 8.23. The van der Waals surface area contributed by atoms with E-state index in [9.17, 15) is 0 Å². The minimum atomic E-state index is 0.228. The van der Waals surface area contributed by atoms with Crippen LogP contribution < -0.4 is 10.5 Å². The standard InChI is InChI=1S/C14H16ClN3OS/c1-3-18-10(7-9(2)17-18)8-19-12-6-4-5-11(15)13(12)14(16)20/h4-7H,3,8H2,1-2H3,(H2,16,20). The molecule has 0 aliphatic heterocycles. The highest BCUT2D eigenvalue weighted by atomic mass is 35.5. The number of hydrogen-bond acceptors (Lipinski definition) is 3. The van der Waals surface area contributed by atoms with Crippen molar-refractivity contribution >= 4 is 28.8 Å². The van der Waals surface area contributed by atoms with Crippen LogP contribution in [0.15, 0.2) is 24.3 Å². The van der Waals surface area contributed by atoms with Gasteiger partial charge in [-0.1, -0.05) is 29.9 Å². The second-order valence-electron chi connectivity index (χ2n) is 4.36. The third-order valence-electron chi connectivity index (χ3n) is 2.88. The van der Waals surface area contributed by atoms with Crippen LogP contribution in [-0.2, 0) is 13.2 Å². The number of ether oxygens (including phenoxy) is 1. The molecule has 1 heterocycles. The molecule has 0 aliphatic rings. The van der Waals surface area contributed by atoms with Gasteiger partial charge in [0, 0.05) is 6.54 Å². The minimum Gasteiger partial charge on any atom is -0.487 e. The summed E-state index contributed by atoms with van der Waals surface area (Å²) in [5.74, 6) is 0.589. The summed E-state index contributed by atoms with van der Waals surface area (Å²) in [6, 6.07) is 7.35. The molecule has 0 aliphatic carbocycles. The third-order valence-corrected chi connectivity index (χ3v) is 3.40. The molecule has 0 spiro atoms. The van der Waals surface area contributed by atoms with E-state index >= 15 is 0 Å². The Morgan fingerprint density at radius 1 is 1.50 bits per heavy atom. The summed E-state index contributed by atoms with van der Waals surface area (Å²) in [6.45, 7) is 5.18. The third kappa shape index (κ3) is 3.11. The van der Waals surface area contributed by atoms with E-state index in [4.69, 9.17) is 34.3 Å². The zero-order valence-electron chi connectivity index (χ0n) is 11.4. The molecule has 0 amide bonds. The highest BCUT2D eigenvalue weighted by Gasteiger charge is 2.12. The lowest BCUT2D eigenvalue weighted by molar-refractivity contribution is 0.292.